The summed E-state index contributed by atoms with van der Waals surface area (Å²) in [7, 11) is 0. The Labute approximate surface area is 327 Å². The van der Waals surface area contributed by atoms with Crippen LogP contribution in [0, 0.1) is 28.1 Å². The van der Waals surface area contributed by atoms with E-state index < -0.39 is 146 Å². The van der Waals surface area contributed by atoms with Crippen LogP contribution in [0.1, 0.15) is 74.4 Å². The van der Waals surface area contributed by atoms with E-state index in [1.54, 1.807) is 0 Å². The largest absolute Gasteiger partial charge is 0.432 e. The van der Waals surface area contributed by atoms with Crippen molar-refractivity contribution in [3.63, 3.8) is 0 Å². The molecule has 11 N–H and O–H groups in total. The highest BCUT2D eigenvalue weighted by molar-refractivity contribution is 5.77. The molecule has 0 aromatic rings. The number of hydrogen-bond donors (Lipinski definition) is 11. The number of carbonyl (C=O) groups is 1. The molecule has 2 bridgehead atoms. The van der Waals surface area contributed by atoms with Crippen LogP contribution in [0.3, 0.4) is 0 Å². The van der Waals surface area contributed by atoms with Gasteiger partial charge in [0.25, 0.3) is 0 Å². The van der Waals surface area contributed by atoms with E-state index in [1.807, 2.05) is 6.92 Å². The Morgan fingerprint density at radius 3 is 1.88 bits per heavy atom. The minimum atomic E-state index is -1.86. The molecule has 18 heteroatoms. The van der Waals surface area contributed by atoms with E-state index in [1.165, 1.54) is 0 Å². The number of hydrogen-bond acceptors (Lipinski definition) is 18. The van der Waals surface area contributed by atoms with E-state index in [2.05, 4.69) is 6.92 Å². The first-order chi connectivity index (χ1) is 27.3. The zero-order chi connectivity index (χ0) is 42.3. The Hall–Kier alpha value is -1.43. The molecule has 0 radical (unpaired) electrons. The molecule has 320 valence electrons. The molecule has 7 aliphatic rings. The number of esters is 1. The molecule has 0 aromatic carbocycles. The Balaban J connectivity index is 1.14. The maximum atomic E-state index is 14.2. The predicted octanol–water partition coefficient (Wildman–Crippen LogP) is -2.94. The lowest BCUT2D eigenvalue weighted by molar-refractivity contribution is -0.378. The fraction of sp³-hybridized carbons (Fsp3) is 0.921. The summed E-state index contributed by atoms with van der Waals surface area (Å²) in [5, 5.41) is 114. The van der Waals surface area contributed by atoms with Gasteiger partial charge in [0, 0.05) is 0 Å². The fourth-order valence-electron chi connectivity index (χ4n) is 11.9. The molecule has 4 aliphatic carbocycles. The van der Waals surface area contributed by atoms with Gasteiger partial charge in [0.15, 0.2) is 12.6 Å². The first-order valence-electron chi connectivity index (χ1n) is 20.8. The average molecular weight is 808 g/mol. The lowest BCUT2D eigenvalue weighted by atomic mass is 9.41. The maximum Gasteiger partial charge on any atom is 0.314 e. The molecule has 56 heavy (non-hydrogen) atoms. The summed E-state index contributed by atoms with van der Waals surface area (Å²) >= 11 is 0. The van der Waals surface area contributed by atoms with Crippen molar-refractivity contribution in [2.24, 2.45) is 28.1 Å². The van der Waals surface area contributed by atoms with E-state index in [9.17, 15) is 61.0 Å². The smallest absolute Gasteiger partial charge is 0.314 e. The minimum absolute atomic E-state index is 0.0296. The van der Waals surface area contributed by atoms with Gasteiger partial charge in [0.05, 0.1) is 33.6 Å². The molecule has 0 unspecified atom stereocenters. The van der Waals surface area contributed by atoms with Gasteiger partial charge in [-0.2, -0.15) is 0 Å². The summed E-state index contributed by atoms with van der Waals surface area (Å²) in [6, 6.07) is 0. The maximum absolute atomic E-state index is 14.2. The molecule has 4 saturated carbocycles. The van der Waals surface area contributed by atoms with Gasteiger partial charge in [-0.05, 0) is 86.5 Å². The van der Waals surface area contributed by atoms with Crippen molar-refractivity contribution in [1.29, 1.82) is 0 Å². The third-order valence-electron chi connectivity index (χ3n) is 14.8. The molecule has 1 spiro atoms. The zero-order valence-corrected chi connectivity index (χ0v) is 31.6. The Morgan fingerprint density at radius 2 is 1.27 bits per heavy atom. The quantitative estimate of drug-likeness (QED) is 0.0481. The molecule has 0 aromatic heterocycles. The lowest BCUT2D eigenvalue weighted by Gasteiger charge is -2.64. The summed E-state index contributed by atoms with van der Waals surface area (Å²) < 4.78 is 52.7. The molecule has 3 aliphatic heterocycles. The lowest BCUT2D eigenvalue weighted by Crippen LogP contribution is -2.65. The summed E-state index contributed by atoms with van der Waals surface area (Å²) in [4.78, 5) is 14.2. The summed E-state index contributed by atoms with van der Waals surface area (Å²) in [6.45, 7) is 1.35. The second-order valence-corrected chi connectivity index (χ2v) is 17.9. The molecular formula is C38H60O18. The van der Waals surface area contributed by atoms with Gasteiger partial charge in [0.1, 0.15) is 73.2 Å². The Kier molecular flexibility index (Phi) is 11.1. The molecule has 7 rings (SSSR count). The van der Waals surface area contributed by atoms with Crippen molar-refractivity contribution in [2.45, 2.75) is 169 Å². The number of aliphatic hydroxyl groups is 11. The first kappa shape index (κ1) is 40.0. The van der Waals surface area contributed by atoms with Crippen LogP contribution in [-0.2, 0) is 33.2 Å². The molecule has 21 atom stereocenters. The van der Waals surface area contributed by atoms with Crippen LogP contribution in [-0.4, -0.2) is 180 Å². The van der Waals surface area contributed by atoms with Gasteiger partial charge in [0.2, 0.25) is 6.29 Å². The number of fused-ring (bicyclic) bond motifs is 3. The van der Waals surface area contributed by atoms with Gasteiger partial charge in [-0.25, -0.2) is 0 Å². The molecule has 3 heterocycles. The number of ether oxygens (including phenoxy) is 6. The Bertz CT molecular complexity index is 1540. The average Bonchev–Trinajstić information content (AvgIpc) is 3.43. The monoisotopic (exact) mass is 807 g/mol. The predicted molar refractivity (Wildman–Crippen MR) is 186 cm³/mol. The molecule has 3 saturated heterocycles. The fourth-order valence-corrected chi connectivity index (χ4v) is 11.9. The van der Waals surface area contributed by atoms with Crippen LogP contribution < -0.4 is 0 Å². The van der Waals surface area contributed by atoms with E-state index in [0.29, 0.717) is 50.5 Å². The zero-order valence-electron chi connectivity index (χ0n) is 33.6. The second kappa shape index (κ2) is 15.6. The van der Waals surface area contributed by atoms with Crippen LogP contribution in [0.2, 0.25) is 0 Å². The highest BCUT2D eigenvalue weighted by atomic mass is 16.8. The third-order valence-corrected chi connectivity index (χ3v) is 14.8. The van der Waals surface area contributed by atoms with Crippen LogP contribution in [0.4, 0.5) is 0 Å². The molecule has 7 fully saturated rings. The summed E-state index contributed by atoms with van der Waals surface area (Å²) in [5.74, 6) is -0.879. The highest BCUT2D eigenvalue weighted by Gasteiger charge is 2.69. The van der Waals surface area contributed by atoms with E-state index in [4.69, 9.17) is 31.2 Å². The van der Waals surface area contributed by atoms with Crippen molar-refractivity contribution in [2.75, 3.05) is 19.8 Å². The normalized spacial score (nSPS) is 55.0. The van der Waals surface area contributed by atoms with E-state index in [0.717, 1.165) is 6.42 Å². The van der Waals surface area contributed by atoms with Crippen molar-refractivity contribution in [3.05, 3.63) is 12.1 Å². The van der Waals surface area contributed by atoms with Crippen LogP contribution in [0.25, 0.3) is 0 Å². The summed E-state index contributed by atoms with van der Waals surface area (Å²) in [6.07, 6.45) is -20.0. The van der Waals surface area contributed by atoms with Gasteiger partial charge in [-0.1, -0.05) is 19.9 Å². The van der Waals surface area contributed by atoms with Gasteiger partial charge >= 0.3 is 5.97 Å². The van der Waals surface area contributed by atoms with Crippen LogP contribution in [0.5, 0.6) is 0 Å². The van der Waals surface area contributed by atoms with Gasteiger partial charge in [-0.15, -0.1) is 0 Å². The number of rotatable bonds is 9. The standard InChI is InChI=1S/C38H60O18/c1-16-11-37-9-5-20-35(2,7-4-8-36(20,3)34(50)55-32-29(49)26(46)23(43)18(13-40)52-32)21(37)6-10-38(16,15-37)56-33-30(27(47)24(44)19(14-41)53-33)54-31-28(48)25(45)22(42)17(12-39)51-31/h17-33,39-49H,1,4-15H2,2-3H3/t17-,18-,19-,20+,21+,22-,23-,24-,25+,26+,27+,28-,29-,30-,31+,32+,33+,35-,36-,37-,38+/m1/s1/i1+1D2. The third kappa shape index (κ3) is 6.69. The van der Waals surface area contributed by atoms with Gasteiger partial charge < -0.3 is 84.6 Å². The molecular weight excluding hydrogens is 745 g/mol. The highest BCUT2D eigenvalue weighted by Crippen LogP contribution is 2.73. The van der Waals surface area contributed by atoms with Gasteiger partial charge in [-0.3, -0.25) is 4.79 Å². The second-order valence-electron chi connectivity index (χ2n) is 17.9. The summed E-state index contributed by atoms with van der Waals surface area (Å²) in [5.41, 5.74) is -2.93. The van der Waals surface area contributed by atoms with E-state index in [-0.39, 0.29) is 18.3 Å². The van der Waals surface area contributed by atoms with Crippen molar-refractivity contribution in [1.82, 2.24) is 0 Å². The van der Waals surface area contributed by atoms with Crippen molar-refractivity contribution >= 4 is 5.97 Å². The Morgan fingerprint density at radius 1 is 0.714 bits per heavy atom. The van der Waals surface area contributed by atoms with Crippen molar-refractivity contribution < 1.29 is 92.1 Å². The molecule has 0 amide bonds. The minimum Gasteiger partial charge on any atom is -0.432 e. The topological polar surface area (TPSA) is 295 Å². The SMILES string of the molecule is [2H][13C]([2H])=C1C[C@@]23CC[C@H]4[C@@](C)(CCC[C@@]4(C)C(=O)O[C@@H]4O[C@H](CO)[C@@H](O)[C@H](O)[C@H]4O)[C@@H]2CC[C@]1(O[C@@H]1O[C@H](CO)[C@@H](O)[C@H](O)[C@H]1O[C@@H]1O[C@H](CO)[C@@H](O)[C@H](O)[C@H]1O)C3. The number of carbonyl (C=O) groups excluding carboxylic acids is 1. The molecule has 18 nitrogen and oxygen atoms in total. The van der Waals surface area contributed by atoms with E-state index >= 15 is 0 Å². The van der Waals surface area contributed by atoms with Crippen LogP contribution in [0.15, 0.2) is 12.1 Å². The van der Waals surface area contributed by atoms with Crippen molar-refractivity contribution in [3.8, 4) is 0 Å². The van der Waals surface area contributed by atoms with Crippen LogP contribution >= 0.6 is 0 Å². The number of aliphatic hydroxyl groups excluding tert-OH is 11. The first-order valence-corrected chi connectivity index (χ1v) is 19.8.